The van der Waals surface area contributed by atoms with Crippen LogP contribution in [0.5, 0.6) is 5.75 Å². The van der Waals surface area contributed by atoms with E-state index in [2.05, 4.69) is 4.74 Å². The van der Waals surface area contributed by atoms with Crippen molar-refractivity contribution in [2.75, 3.05) is 7.11 Å². The molecule has 0 bridgehead atoms. The highest BCUT2D eigenvalue weighted by Crippen LogP contribution is 2.37. The van der Waals surface area contributed by atoms with E-state index in [9.17, 15) is 22.8 Å². The predicted octanol–water partition coefficient (Wildman–Crippen LogP) is 1.63. The van der Waals surface area contributed by atoms with Crippen LogP contribution in [0.25, 0.3) is 0 Å². The predicted molar refractivity (Wildman–Crippen MR) is 51.9 cm³/mol. The lowest BCUT2D eigenvalue weighted by Crippen LogP contribution is -2.17. The molecule has 0 atom stereocenters. The Hall–Kier alpha value is -2.05. The molecule has 2 N–H and O–H groups in total. The lowest BCUT2D eigenvalue weighted by Gasteiger charge is -2.13. The molecule has 7 heteroatoms. The third-order valence-corrected chi connectivity index (χ3v) is 2.07. The van der Waals surface area contributed by atoms with Crippen molar-refractivity contribution in [3.05, 3.63) is 28.8 Å². The van der Waals surface area contributed by atoms with Crippen molar-refractivity contribution < 1.29 is 27.5 Å². The van der Waals surface area contributed by atoms with Gasteiger partial charge in [0.05, 0.1) is 18.2 Å². The number of nitrogens with two attached hydrogens (primary N) is 1. The van der Waals surface area contributed by atoms with E-state index < -0.39 is 29.0 Å². The third kappa shape index (κ3) is 2.55. The van der Waals surface area contributed by atoms with Gasteiger partial charge >= 0.3 is 6.18 Å². The van der Waals surface area contributed by atoms with Gasteiger partial charge in [-0.1, -0.05) is 0 Å². The van der Waals surface area contributed by atoms with Gasteiger partial charge in [-0.15, -0.1) is 0 Å². The first-order valence-electron chi connectivity index (χ1n) is 4.35. The Morgan fingerprint density at radius 2 is 2.00 bits per heavy atom. The molecule has 0 spiro atoms. The normalized spacial score (nSPS) is 11.1. The average Bonchev–Trinajstić information content (AvgIpc) is 2.25. The van der Waals surface area contributed by atoms with Crippen molar-refractivity contribution in [3.8, 4) is 5.75 Å². The Morgan fingerprint density at radius 3 is 2.35 bits per heavy atom. The Morgan fingerprint density at radius 1 is 1.41 bits per heavy atom. The average molecular weight is 247 g/mol. The molecule has 0 saturated carbocycles. The zero-order chi connectivity index (χ0) is 13.2. The second kappa shape index (κ2) is 4.44. The summed E-state index contributed by atoms with van der Waals surface area (Å²) in [7, 11) is 1.03. The van der Waals surface area contributed by atoms with Crippen LogP contribution in [0.1, 0.15) is 26.3 Å². The van der Waals surface area contributed by atoms with E-state index in [4.69, 9.17) is 5.73 Å². The van der Waals surface area contributed by atoms with Gasteiger partial charge in [-0.05, 0) is 12.1 Å². The van der Waals surface area contributed by atoms with E-state index >= 15 is 0 Å². The maximum atomic E-state index is 12.6. The van der Waals surface area contributed by atoms with Crippen LogP contribution in [0.15, 0.2) is 12.1 Å². The van der Waals surface area contributed by atoms with Crippen LogP contribution in [-0.4, -0.2) is 19.3 Å². The molecule has 1 rings (SSSR count). The number of hydrogen-bond acceptors (Lipinski definition) is 3. The molecule has 0 aliphatic carbocycles. The molecule has 0 aromatic heterocycles. The molecule has 0 unspecified atom stereocenters. The van der Waals surface area contributed by atoms with E-state index in [0.717, 1.165) is 13.2 Å². The Kier molecular flexibility index (Phi) is 3.40. The maximum absolute atomic E-state index is 12.6. The summed E-state index contributed by atoms with van der Waals surface area (Å²) in [5.41, 5.74) is 2.99. The van der Waals surface area contributed by atoms with Crippen LogP contribution in [0, 0.1) is 0 Å². The van der Waals surface area contributed by atoms with E-state index in [1.165, 1.54) is 0 Å². The molecular formula is C10H8F3NO3. The van der Waals surface area contributed by atoms with Crippen molar-refractivity contribution in [1.29, 1.82) is 0 Å². The van der Waals surface area contributed by atoms with Crippen molar-refractivity contribution in [2.45, 2.75) is 6.18 Å². The number of benzene rings is 1. The highest BCUT2D eigenvalue weighted by molar-refractivity contribution is 6.01. The molecule has 1 aromatic carbocycles. The van der Waals surface area contributed by atoms with Crippen molar-refractivity contribution in [2.24, 2.45) is 5.73 Å². The molecule has 0 saturated heterocycles. The maximum Gasteiger partial charge on any atom is 0.419 e. The van der Waals surface area contributed by atoms with E-state index in [-0.39, 0.29) is 11.8 Å². The fourth-order valence-corrected chi connectivity index (χ4v) is 1.30. The van der Waals surface area contributed by atoms with Crippen LogP contribution in [0.3, 0.4) is 0 Å². The monoisotopic (exact) mass is 247 g/mol. The van der Waals surface area contributed by atoms with Crippen molar-refractivity contribution in [1.82, 2.24) is 0 Å². The van der Waals surface area contributed by atoms with Gasteiger partial charge in [0.1, 0.15) is 5.75 Å². The third-order valence-electron chi connectivity index (χ3n) is 2.07. The number of hydrogen-bond donors (Lipinski definition) is 1. The van der Waals surface area contributed by atoms with Crippen molar-refractivity contribution >= 4 is 12.2 Å². The van der Waals surface area contributed by atoms with Crippen LogP contribution < -0.4 is 10.5 Å². The van der Waals surface area contributed by atoms with E-state index in [1.54, 1.807) is 0 Å². The van der Waals surface area contributed by atoms with Crippen LogP contribution >= 0.6 is 0 Å². The number of primary amides is 1. The van der Waals surface area contributed by atoms with Gasteiger partial charge < -0.3 is 10.5 Å². The second-order valence-electron chi connectivity index (χ2n) is 3.12. The van der Waals surface area contributed by atoms with Crippen LogP contribution in [-0.2, 0) is 6.18 Å². The van der Waals surface area contributed by atoms with Crippen LogP contribution in [0.2, 0.25) is 0 Å². The van der Waals surface area contributed by atoms with Gasteiger partial charge in [0, 0.05) is 5.56 Å². The number of carbonyl (C=O) groups is 2. The van der Waals surface area contributed by atoms with Gasteiger partial charge in [0.15, 0.2) is 6.29 Å². The molecule has 0 heterocycles. The molecule has 92 valence electrons. The summed E-state index contributed by atoms with van der Waals surface area (Å²) in [6.07, 6.45) is -4.46. The standard InChI is InChI=1S/C10H8F3NO3/c1-17-8-2-5(4-15)6(9(14)16)3-7(8)10(11,12)13/h2-4H,1H3,(H2,14,16). The zero-order valence-corrected chi connectivity index (χ0v) is 8.67. The summed E-state index contributed by atoms with van der Waals surface area (Å²) in [6, 6.07) is 1.33. The molecule has 0 fully saturated rings. The lowest BCUT2D eigenvalue weighted by molar-refractivity contribution is -0.138. The summed E-state index contributed by atoms with van der Waals surface area (Å²) in [5, 5.41) is 0. The number of halogens is 3. The highest BCUT2D eigenvalue weighted by Gasteiger charge is 2.35. The molecule has 1 amide bonds. The minimum absolute atomic E-state index is 0.239. The lowest BCUT2D eigenvalue weighted by atomic mass is 10.0. The first-order valence-corrected chi connectivity index (χ1v) is 4.35. The summed E-state index contributed by atoms with van der Waals surface area (Å²) in [4.78, 5) is 21.5. The first-order chi connectivity index (χ1) is 7.81. The summed E-state index contributed by atoms with van der Waals surface area (Å²) < 4.78 is 42.3. The Labute approximate surface area is 94.2 Å². The molecule has 17 heavy (non-hydrogen) atoms. The Balaban J connectivity index is 3.56. The molecular weight excluding hydrogens is 239 g/mol. The fraction of sp³-hybridized carbons (Fsp3) is 0.200. The molecule has 1 aromatic rings. The minimum atomic E-state index is -4.70. The smallest absolute Gasteiger partial charge is 0.419 e. The molecule has 0 aliphatic heterocycles. The largest absolute Gasteiger partial charge is 0.496 e. The number of rotatable bonds is 3. The Bertz CT molecular complexity index is 469. The topological polar surface area (TPSA) is 69.4 Å². The van der Waals surface area contributed by atoms with Crippen molar-refractivity contribution in [3.63, 3.8) is 0 Å². The highest BCUT2D eigenvalue weighted by atomic mass is 19.4. The SMILES string of the molecule is COc1cc(C=O)c(C(N)=O)cc1C(F)(F)F. The molecule has 0 aliphatic rings. The first kappa shape index (κ1) is 13.0. The van der Waals surface area contributed by atoms with E-state index in [0.29, 0.717) is 6.07 Å². The van der Waals surface area contributed by atoms with Gasteiger partial charge in [0.25, 0.3) is 0 Å². The fourth-order valence-electron chi connectivity index (χ4n) is 1.30. The summed E-state index contributed by atoms with van der Waals surface area (Å²) >= 11 is 0. The van der Waals surface area contributed by atoms with Gasteiger partial charge in [-0.2, -0.15) is 13.2 Å². The zero-order valence-electron chi connectivity index (χ0n) is 8.67. The van der Waals surface area contributed by atoms with Gasteiger partial charge in [-0.25, -0.2) is 0 Å². The number of ether oxygens (including phenoxy) is 1. The quantitative estimate of drug-likeness (QED) is 0.825. The molecule has 4 nitrogen and oxygen atoms in total. The number of amides is 1. The second-order valence-corrected chi connectivity index (χ2v) is 3.12. The van der Waals surface area contributed by atoms with Crippen LogP contribution in [0.4, 0.5) is 13.2 Å². The number of carbonyl (C=O) groups excluding carboxylic acids is 2. The van der Waals surface area contributed by atoms with Gasteiger partial charge in [0.2, 0.25) is 5.91 Å². The number of alkyl halides is 3. The summed E-state index contributed by atoms with van der Waals surface area (Å²) in [5.74, 6) is -1.65. The summed E-state index contributed by atoms with van der Waals surface area (Å²) in [6.45, 7) is 0. The minimum Gasteiger partial charge on any atom is -0.496 e. The molecule has 0 radical (unpaired) electrons. The van der Waals surface area contributed by atoms with Gasteiger partial charge in [-0.3, -0.25) is 9.59 Å². The van der Waals surface area contributed by atoms with E-state index in [1.807, 2.05) is 0 Å². The number of aldehydes is 1. The number of methoxy groups -OCH3 is 1.